The molecule has 0 spiro atoms. The number of carbonyl (C=O) groups is 1. The normalized spacial score (nSPS) is 11.3. The number of rotatable bonds is 7. The second kappa shape index (κ2) is 7.96. The minimum absolute atomic E-state index is 0.0740. The van der Waals surface area contributed by atoms with Crippen molar-refractivity contribution in [1.29, 1.82) is 0 Å². The van der Waals surface area contributed by atoms with Crippen molar-refractivity contribution in [3.63, 3.8) is 0 Å². The fraction of sp³-hybridized carbons (Fsp3) is 0.200. The van der Waals surface area contributed by atoms with Crippen molar-refractivity contribution in [3.8, 4) is 23.0 Å². The lowest BCUT2D eigenvalue weighted by atomic mass is 10.1. The molecule has 1 aromatic heterocycles. The van der Waals surface area contributed by atoms with Crippen LogP contribution in [0.15, 0.2) is 51.8 Å². The van der Waals surface area contributed by atoms with Crippen molar-refractivity contribution in [3.05, 3.63) is 59.5 Å². The van der Waals surface area contributed by atoms with Crippen LogP contribution in [0.4, 0.5) is 0 Å². The van der Waals surface area contributed by atoms with E-state index in [2.05, 4.69) is 4.98 Å². The number of carboxylic acids is 1. The molecule has 152 valence electrons. The SMILES string of the molecule is COc1ccc(S(=O)(=O)Cc2nc(-c3ccc(C(=O)O)cc3)oc2C)cc1OC. The third kappa shape index (κ3) is 4.24. The predicted molar refractivity (Wildman–Crippen MR) is 104 cm³/mol. The standard InChI is InChI=1S/C20H19NO7S/c1-12-16(21-19(28-12)13-4-6-14(7-5-13)20(22)23)11-29(24,25)15-8-9-17(26-2)18(10-15)27-3/h4-10H,11H2,1-3H3,(H,22,23). The fourth-order valence-electron chi connectivity index (χ4n) is 2.71. The first-order valence-corrected chi connectivity index (χ1v) is 10.1. The summed E-state index contributed by atoms with van der Waals surface area (Å²) in [6, 6.07) is 10.3. The number of methoxy groups -OCH3 is 2. The number of carboxylic acid groups (broad SMARTS) is 1. The van der Waals surface area contributed by atoms with Gasteiger partial charge in [-0.15, -0.1) is 0 Å². The van der Waals surface area contributed by atoms with Crippen LogP contribution >= 0.6 is 0 Å². The van der Waals surface area contributed by atoms with E-state index in [1.54, 1.807) is 19.1 Å². The van der Waals surface area contributed by atoms with E-state index in [-0.39, 0.29) is 27.8 Å². The molecule has 0 aliphatic heterocycles. The highest BCUT2D eigenvalue weighted by molar-refractivity contribution is 7.90. The monoisotopic (exact) mass is 417 g/mol. The van der Waals surface area contributed by atoms with Crippen molar-refractivity contribution >= 4 is 15.8 Å². The Kier molecular flexibility index (Phi) is 5.60. The minimum Gasteiger partial charge on any atom is -0.493 e. The lowest BCUT2D eigenvalue weighted by molar-refractivity contribution is 0.0697. The van der Waals surface area contributed by atoms with E-state index in [1.807, 2.05) is 0 Å². The zero-order valence-corrected chi connectivity index (χ0v) is 16.8. The largest absolute Gasteiger partial charge is 0.493 e. The van der Waals surface area contributed by atoms with E-state index >= 15 is 0 Å². The van der Waals surface area contributed by atoms with Crippen LogP contribution in [0.25, 0.3) is 11.5 Å². The summed E-state index contributed by atoms with van der Waals surface area (Å²) in [7, 11) is -0.820. The second-order valence-electron chi connectivity index (χ2n) is 6.18. The molecule has 0 fully saturated rings. The molecule has 2 aromatic carbocycles. The first-order valence-electron chi connectivity index (χ1n) is 8.50. The van der Waals surface area contributed by atoms with Gasteiger partial charge in [0.2, 0.25) is 5.89 Å². The van der Waals surface area contributed by atoms with E-state index < -0.39 is 15.8 Å². The minimum atomic E-state index is -3.72. The molecule has 0 aliphatic carbocycles. The van der Waals surface area contributed by atoms with Gasteiger partial charge in [-0.1, -0.05) is 0 Å². The van der Waals surface area contributed by atoms with E-state index in [0.29, 0.717) is 22.8 Å². The number of aromatic nitrogens is 1. The van der Waals surface area contributed by atoms with Crippen molar-refractivity contribution in [2.24, 2.45) is 0 Å². The summed E-state index contributed by atoms with van der Waals surface area (Å²) in [4.78, 5) is 15.3. The Morgan fingerprint density at radius 2 is 1.72 bits per heavy atom. The molecule has 9 heteroatoms. The van der Waals surface area contributed by atoms with Gasteiger partial charge in [-0.05, 0) is 43.3 Å². The van der Waals surface area contributed by atoms with Crippen LogP contribution in [0.5, 0.6) is 11.5 Å². The van der Waals surface area contributed by atoms with Gasteiger partial charge in [-0.25, -0.2) is 18.2 Å². The van der Waals surface area contributed by atoms with E-state index in [0.717, 1.165) is 0 Å². The Balaban J connectivity index is 1.89. The first-order chi connectivity index (χ1) is 13.7. The third-order valence-corrected chi connectivity index (χ3v) is 5.94. The molecule has 0 radical (unpaired) electrons. The number of nitrogens with zero attached hydrogens (tertiary/aromatic N) is 1. The Labute approximate surface area is 167 Å². The van der Waals surface area contributed by atoms with Crippen LogP contribution in [0.3, 0.4) is 0 Å². The molecule has 0 unspecified atom stereocenters. The number of sulfone groups is 1. The molecule has 0 atom stereocenters. The third-order valence-electron chi connectivity index (χ3n) is 4.31. The van der Waals surface area contributed by atoms with Gasteiger partial charge in [-0.2, -0.15) is 0 Å². The van der Waals surface area contributed by atoms with Crippen molar-refractivity contribution in [2.75, 3.05) is 14.2 Å². The molecule has 3 aromatic rings. The van der Waals surface area contributed by atoms with Gasteiger partial charge >= 0.3 is 5.97 Å². The highest BCUT2D eigenvalue weighted by Crippen LogP contribution is 2.31. The molecule has 0 saturated carbocycles. The summed E-state index contributed by atoms with van der Waals surface area (Å²) in [6.07, 6.45) is 0. The van der Waals surface area contributed by atoms with Crippen molar-refractivity contribution < 1.29 is 32.2 Å². The van der Waals surface area contributed by atoms with Crippen LogP contribution in [-0.4, -0.2) is 38.7 Å². The fourth-order valence-corrected chi connectivity index (χ4v) is 4.07. The molecule has 29 heavy (non-hydrogen) atoms. The van der Waals surface area contributed by atoms with Gasteiger partial charge in [0.25, 0.3) is 0 Å². The van der Waals surface area contributed by atoms with Gasteiger partial charge in [0, 0.05) is 11.6 Å². The van der Waals surface area contributed by atoms with Gasteiger partial charge in [0.05, 0.1) is 30.4 Å². The zero-order chi connectivity index (χ0) is 21.2. The second-order valence-corrected chi connectivity index (χ2v) is 8.17. The smallest absolute Gasteiger partial charge is 0.335 e. The number of ether oxygens (including phenoxy) is 2. The van der Waals surface area contributed by atoms with E-state index in [1.165, 1.54) is 44.6 Å². The maximum absolute atomic E-state index is 12.8. The summed E-state index contributed by atoms with van der Waals surface area (Å²) in [6.45, 7) is 1.63. The number of benzene rings is 2. The van der Waals surface area contributed by atoms with Crippen LogP contribution in [0.1, 0.15) is 21.8 Å². The summed E-state index contributed by atoms with van der Waals surface area (Å²) >= 11 is 0. The van der Waals surface area contributed by atoms with Gasteiger partial charge in [0.15, 0.2) is 21.3 Å². The lowest BCUT2D eigenvalue weighted by Gasteiger charge is -2.09. The van der Waals surface area contributed by atoms with Gasteiger partial charge in [0.1, 0.15) is 11.5 Å². The highest BCUT2D eigenvalue weighted by atomic mass is 32.2. The predicted octanol–water partition coefficient (Wildman–Crippen LogP) is 3.34. The van der Waals surface area contributed by atoms with Crippen molar-refractivity contribution in [1.82, 2.24) is 4.98 Å². The molecule has 3 rings (SSSR count). The number of oxazole rings is 1. The Hall–Kier alpha value is -3.33. The molecule has 0 aliphatic rings. The molecule has 0 bridgehead atoms. The number of hydrogen-bond acceptors (Lipinski definition) is 7. The molecular weight excluding hydrogens is 398 g/mol. The summed E-state index contributed by atoms with van der Waals surface area (Å²) in [5, 5.41) is 8.98. The maximum Gasteiger partial charge on any atom is 0.335 e. The Bertz CT molecular complexity index is 1150. The molecule has 1 N–H and O–H groups in total. The summed E-state index contributed by atoms with van der Waals surface area (Å²) in [5.41, 5.74) is 0.957. The van der Waals surface area contributed by atoms with E-state index in [4.69, 9.17) is 19.0 Å². The highest BCUT2D eigenvalue weighted by Gasteiger charge is 2.22. The molecule has 0 saturated heterocycles. The maximum atomic E-state index is 12.8. The molecular formula is C20H19NO7S. The zero-order valence-electron chi connectivity index (χ0n) is 16.0. The Morgan fingerprint density at radius 1 is 1.07 bits per heavy atom. The Morgan fingerprint density at radius 3 is 2.31 bits per heavy atom. The van der Waals surface area contributed by atoms with Gasteiger partial charge in [-0.3, -0.25) is 0 Å². The van der Waals surface area contributed by atoms with Crippen molar-refractivity contribution in [2.45, 2.75) is 17.6 Å². The number of hydrogen-bond donors (Lipinski definition) is 1. The quantitative estimate of drug-likeness (QED) is 0.622. The average Bonchev–Trinajstić information content (AvgIpc) is 3.07. The van der Waals surface area contributed by atoms with Crippen LogP contribution in [-0.2, 0) is 15.6 Å². The number of aromatic carboxylic acids is 1. The molecule has 8 nitrogen and oxygen atoms in total. The first kappa shape index (κ1) is 20.4. The summed E-state index contributed by atoms with van der Waals surface area (Å²) < 4.78 is 41.6. The molecule has 1 heterocycles. The lowest BCUT2D eigenvalue weighted by Crippen LogP contribution is -2.07. The van der Waals surface area contributed by atoms with Crippen LogP contribution < -0.4 is 9.47 Å². The topological polar surface area (TPSA) is 116 Å². The number of aryl methyl sites for hydroxylation is 1. The average molecular weight is 417 g/mol. The van der Waals surface area contributed by atoms with Crippen LogP contribution in [0.2, 0.25) is 0 Å². The van der Waals surface area contributed by atoms with Crippen LogP contribution in [0, 0.1) is 6.92 Å². The molecule has 0 amide bonds. The van der Waals surface area contributed by atoms with E-state index in [9.17, 15) is 13.2 Å². The van der Waals surface area contributed by atoms with Gasteiger partial charge < -0.3 is 19.0 Å². The summed E-state index contributed by atoms with van der Waals surface area (Å²) in [5.74, 6) is -0.0728.